The molecule has 0 amide bonds. The second-order valence-electron chi connectivity index (χ2n) is 9.15. The molecule has 1 atom stereocenters. The Morgan fingerprint density at radius 2 is 1.57 bits per heavy atom. The van der Waals surface area contributed by atoms with Crippen LogP contribution in [0.5, 0.6) is 0 Å². The predicted octanol–water partition coefficient (Wildman–Crippen LogP) is 6.22. The van der Waals surface area contributed by atoms with Gasteiger partial charge >= 0.3 is 0 Å². The Hall–Kier alpha value is -1.29. The van der Waals surface area contributed by atoms with Gasteiger partial charge < -0.3 is 11.1 Å². The van der Waals surface area contributed by atoms with Crippen LogP contribution < -0.4 is 11.1 Å². The first-order valence-corrected chi connectivity index (χ1v) is 13.2. The standard InChI is InChI=1S/C27H40N2S/c1-30-20-18-27(28,21-23-11-5-2-6-12-23)22-29-19-17-26(24-13-7-3-8-14-24)25-15-9-4-10-16-25/h3-4,7-10,13-16,23,26,29H,2,5-6,11-12,17-22,28H2,1H3. The molecular formula is C27H40N2S. The Morgan fingerprint density at radius 3 is 2.13 bits per heavy atom. The van der Waals surface area contributed by atoms with Crippen molar-refractivity contribution in [2.24, 2.45) is 11.7 Å². The second kappa shape index (κ2) is 12.5. The molecule has 0 saturated heterocycles. The summed E-state index contributed by atoms with van der Waals surface area (Å²) in [6.45, 7) is 1.93. The molecule has 2 nitrogen and oxygen atoms in total. The molecule has 0 spiro atoms. The number of nitrogens with one attached hydrogen (secondary N) is 1. The van der Waals surface area contributed by atoms with Crippen molar-refractivity contribution in [2.75, 3.05) is 25.1 Å². The lowest BCUT2D eigenvalue weighted by molar-refractivity contribution is 0.246. The smallest absolute Gasteiger partial charge is 0.0291 e. The summed E-state index contributed by atoms with van der Waals surface area (Å²) in [7, 11) is 0. The molecule has 164 valence electrons. The van der Waals surface area contributed by atoms with Crippen molar-refractivity contribution in [2.45, 2.75) is 62.8 Å². The van der Waals surface area contributed by atoms with Gasteiger partial charge in [0.2, 0.25) is 0 Å². The van der Waals surface area contributed by atoms with E-state index in [0.717, 1.165) is 37.6 Å². The predicted molar refractivity (Wildman–Crippen MR) is 133 cm³/mol. The monoisotopic (exact) mass is 424 g/mol. The lowest BCUT2D eigenvalue weighted by Gasteiger charge is -2.35. The van der Waals surface area contributed by atoms with Crippen LogP contribution >= 0.6 is 11.8 Å². The lowest BCUT2D eigenvalue weighted by atomic mass is 9.78. The fourth-order valence-corrected chi connectivity index (χ4v) is 5.62. The minimum absolute atomic E-state index is 0.0694. The van der Waals surface area contributed by atoms with Gasteiger partial charge in [0.1, 0.15) is 0 Å². The highest BCUT2D eigenvalue weighted by Crippen LogP contribution is 2.32. The fraction of sp³-hybridized carbons (Fsp3) is 0.556. The highest BCUT2D eigenvalue weighted by molar-refractivity contribution is 7.98. The normalized spacial score (nSPS) is 17.2. The number of thioether (sulfide) groups is 1. The fourth-order valence-electron chi connectivity index (χ4n) is 5.01. The van der Waals surface area contributed by atoms with Crippen LogP contribution in [-0.2, 0) is 0 Å². The van der Waals surface area contributed by atoms with Gasteiger partial charge in [-0.05, 0) is 54.9 Å². The van der Waals surface area contributed by atoms with Gasteiger partial charge in [-0.25, -0.2) is 0 Å². The molecule has 30 heavy (non-hydrogen) atoms. The second-order valence-corrected chi connectivity index (χ2v) is 10.1. The van der Waals surface area contributed by atoms with Crippen LogP contribution in [0.4, 0.5) is 0 Å². The number of nitrogens with two attached hydrogens (primary N) is 1. The summed E-state index contributed by atoms with van der Waals surface area (Å²) >= 11 is 1.92. The van der Waals surface area contributed by atoms with Gasteiger partial charge in [0.05, 0.1) is 0 Å². The summed E-state index contributed by atoms with van der Waals surface area (Å²) in [4.78, 5) is 0. The maximum Gasteiger partial charge on any atom is 0.0291 e. The van der Waals surface area contributed by atoms with E-state index in [4.69, 9.17) is 5.73 Å². The maximum atomic E-state index is 6.98. The van der Waals surface area contributed by atoms with Gasteiger partial charge in [-0.15, -0.1) is 0 Å². The molecule has 0 radical (unpaired) electrons. The van der Waals surface area contributed by atoms with E-state index < -0.39 is 0 Å². The molecule has 3 N–H and O–H groups in total. The van der Waals surface area contributed by atoms with Crippen LogP contribution in [0.15, 0.2) is 60.7 Å². The molecule has 0 heterocycles. The van der Waals surface area contributed by atoms with E-state index in [1.807, 2.05) is 11.8 Å². The number of benzene rings is 2. The van der Waals surface area contributed by atoms with Crippen LogP contribution in [0.25, 0.3) is 0 Å². The van der Waals surface area contributed by atoms with Crippen LogP contribution in [0.1, 0.15) is 68.4 Å². The molecule has 3 rings (SSSR count). The van der Waals surface area contributed by atoms with E-state index in [1.165, 1.54) is 49.7 Å². The van der Waals surface area contributed by atoms with Crippen molar-refractivity contribution in [3.05, 3.63) is 71.8 Å². The summed E-state index contributed by atoms with van der Waals surface area (Å²) in [5.74, 6) is 2.41. The zero-order chi connectivity index (χ0) is 21.1. The van der Waals surface area contributed by atoms with E-state index >= 15 is 0 Å². The number of rotatable bonds is 12. The Morgan fingerprint density at radius 1 is 0.967 bits per heavy atom. The van der Waals surface area contributed by atoms with Gasteiger partial charge in [-0.2, -0.15) is 11.8 Å². The van der Waals surface area contributed by atoms with E-state index in [0.29, 0.717) is 5.92 Å². The summed E-state index contributed by atoms with van der Waals surface area (Å²) in [6.07, 6.45) is 12.5. The van der Waals surface area contributed by atoms with Crippen molar-refractivity contribution >= 4 is 11.8 Å². The largest absolute Gasteiger partial charge is 0.324 e. The molecule has 0 aliphatic heterocycles. The van der Waals surface area contributed by atoms with Crippen molar-refractivity contribution in [1.29, 1.82) is 0 Å². The topological polar surface area (TPSA) is 38.0 Å². The molecule has 2 aromatic carbocycles. The van der Waals surface area contributed by atoms with E-state index in [-0.39, 0.29) is 5.54 Å². The van der Waals surface area contributed by atoms with Crippen molar-refractivity contribution < 1.29 is 0 Å². The number of hydrogen-bond donors (Lipinski definition) is 2. The van der Waals surface area contributed by atoms with Gasteiger partial charge in [-0.1, -0.05) is 92.8 Å². The average Bonchev–Trinajstić information content (AvgIpc) is 2.80. The van der Waals surface area contributed by atoms with Crippen molar-refractivity contribution in [1.82, 2.24) is 5.32 Å². The molecule has 1 aliphatic rings. The summed E-state index contributed by atoms with van der Waals surface area (Å²) in [5, 5.41) is 3.76. The third kappa shape index (κ3) is 7.44. The summed E-state index contributed by atoms with van der Waals surface area (Å²) < 4.78 is 0. The Kier molecular flexibility index (Phi) is 9.77. The number of hydrogen-bond acceptors (Lipinski definition) is 3. The minimum Gasteiger partial charge on any atom is -0.324 e. The van der Waals surface area contributed by atoms with Crippen LogP contribution in [0.3, 0.4) is 0 Å². The van der Waals surface area contributed by atoms with Gasteiger partial charge in [0.25, 0.3) is 0 Å². The quantitative estimate of drug-likeness (QED) is 0.397. The third-order valence-electron chi connectivity index (χ3n) is 6.71. The van der Waals surface area contributed by atoms with E-state index in [9.17, 15) is 0 Å². The van der Waals surface area contributed by atoms with Crippen LogP contribution in [0.2, 0.25) is 0 Å². The molecule has 0 aromatic heterocycles. The molecular weight excluding hydrogens is 384 g/mol. The molecule has 1 unspecified atom stereocenters. The first-order valence-electron chi connectivity index (χ1n) is 11.8. The van der Waals surface area contributed by atoms with Crippen LogP contribution in [-0.4, -0.2) is 30.6 Å². The van der Waals surface area contributed by atoms with Crippen molar-refractivity contribution in [3.63, 3.8) is 0 Å². The van der Waals surface area contributed by atoms with Gasteiger partial charge in [0, 0.05) is 18.0 Å². The van der Waals surface area contributed by atoms with Gasteiger partial charge in [-0.3, -0.25) is 0 Å². The molecule has 1 fully saturated rings. The Labute approximate surface area is 188 Å². The highest BCUT2D eigenvalue weighted by atomic mass is 32.2. The van der Waals surface area contributed by atoms with Crippen molar-refractivity contribution in [3.8, 4) is 0 Å². The maximum absolute atomic E-state index is 6.98. The summed E-state index contributed by atoms with van der Waals surface area (Å²) in [5.41, 5.74) is 9.70. The summed E-state index contributed by atoms with van der Waals surface area (Å²) in [6, 6.07) is 21.8. The van der Waals surface area contributed by atoms with E-state index in [1.54, 1.807) is 0 Å². The lowest BCUT2D eigenvalue weighted by Crippen LogP contribution is -2.51. The molecule has 3 heteroatoms. The van der Waals surface area contributed by atoms with E-state index in [2.05, 4.69) is 72.2 Å². The SMILES string of the molecule is CSCCC(N)(CNCCC(c1ccccc1)c1ccccc1)CC1CCCCC1. The molecule has 1 saturated carbocycles. The first kappa shape index (κ1) is 23.4. The minimum atomic E-state index is -0.0694. The van der Waals surface area contributed by atoms with Gasteiger partial charge in [0.15, 0.2) is 0 Å². The molecule has 2 aromatic rings. The molecule has 0 bridgehead atoms. The highest BCUT2D eigenvalue weighted by Gasteiger charge is 2.29. The zero-order valence-corrected chi connectivity index (χ0v) is 19.5. The zero-order valence-electron chi connectivity index (χ0n) is 18.7. The Bertz CT molecular complexity index is 660. The third-order valence-corrected chi connectivity index (χ3v) is 7.33. The molecule has 1 aliphatic carbocycles. The first-order chi connectivity index (χ1) is 14.7. The van der Waals surface area contributed by atoms with Crippen LogP contribution in [0, 0.1) is 5.92 Å². The Balaban J connectivity index is 1.57. The average molecular weight is 425 g/mol.